The van der Waals surface area contributed by atoms with E-state index in [1.165, 1.54) is 96.3 Å². The zero-order valence-electron chi connectivity index (χ0n) is 13.0. The third-order valence-corrected chi connectivity index (χ3v) is 4.33. The first kappa shape index (κ1) is 16.6. The maximum absolute atomic E-state index is 6.05. The number of hydrogen-bond donors (Lipinski definition) is 1. The van der Waals surface area contributed by atoms with E-state index in [9.17, 15) is 0 Å². The van der Waals surface area contributed by atoms with E-state index >= 15 is 0 Å². The van der Waals surface area contributed by atoms with Crippen LogP contribution in [0, 0.1) is 0 Å². The quantitative estimate of drug-likeness (QED) is 0.564. The Morgan fingerprint density at radius 3 is 1.37 bits per heavy atom. The largest absolute Gasteiger partial charge is 0.402 e. The molecule has 0 radical (unpaired) electrons. The molecule has 0 aromatic carbocycles. The fraction of sp³-hybridized carbons (Fsp3) is 0.889. The van der Waals surface area contributed by atoms with Crippen LogP contribution in [-0.2, 0) is 0 Å². The van der Waals surface area contributed by atoms with Gasteiger partial charge in [0.05, 0.1) is 0 Å². The van der Waals surface area contributed by atoms with Gasteiger partial charge >= 0.3 is 0 Å². The van der Waals surface area contributed by atoms with E-state index < -0.39 is 0 Å². The highest BCUT2D eigenvalue weighted by molar-refractivity contribution is 4.95. The summed E-state index contributed by atoms with van der Waals surface area (Å²) in [5.74, 6) is 0. The molecule has 1 rings (SSSR count). The normalized spacial score (nSPS) is 23.1. The first-order valence-corrected chi connectivity index (χ1v) is 8.84. The Bertz CT molecular complexity index is 220. The van der Waals surface area contributed by atoms with Crippen molar-refractivity contribution < 1.29 is 0 Å². The number of allylic oxidation sites excluding steroid dienone is 2. The van der Waals surface area contributed by atoms with Crippen LogP contribution < -0.4 is 5.73 Å². The Hall–Kier alpha value is -0.460. The molecule has 1 heteroatoms. The summed E-state index contributed by atoms with van der Waals surface area (Å²) in [5.41, 5.74) is 7.19. The van der Waals surface area contributed by atoms with Crippen LogP contribution in [0.15, 0.2) is 11.8 Å². The van der Waals surface area contributed by atoms with Gasteiger partial charge in [0.2, 0.25) is 0 Å². The van der Waals surface area contributed by atoms with Crippen molar-refractivity contribution in [3.63, 3.8) is 0 Å². The Kier molecular flexibility index (Phi) is 11.0. The fourth-order valence-electron chi connectivity index (χ4n) is 2.98. The van der Waals surface area contributed by atoms with Gasteiger partial charge in [-0.2, -0.15) is 0 Å². The lowest BCUT2D eigenvalue weighted by molar-refractivity contribution is 0.531. The smallest absolute Gasteiger partial charge is 0.00399 e. The molecule has 0 aromatic rings. The summed E-state index contributed by atoms with van der Waals surface area (Å²) in [6.45, 7) is 0. The number of rotatable bonds is 0. The summed E-state index contributed by atoms with van der Waals surface area (Å²) < 4.78 is 0. The second-order valence-electron chi connectivity index (χ2n) is 6.27. The van der Waals surface area contributed by atoms with Crippen LogP contribution in [0.5, 0.6) is 0 Å². The van der Waals surface area contributed by atoms with Crippen LogP contribution in [0.2, 0.25) is 0 Å². The minimum atomic E-state index is 1.12. The molecule has 1 aliphatic carbocycles. The Morgan fingerprint density at radius 1 is 0.526 bits per heavy atom. The number of hydrogen-bond acceptors (Lipinski definition) is 1. The summed E-state index contributed by atoms with van der Waals surface area (Å²) in [5, 5.41) is 0. The molecular weight excluding hydrogens is 230 g/mol. The molecular formula is C18H35N. The molecule has 0 spiro atoms. The first-order chi connectivity index (χ1) is 9.39. The molecule has 2 N–H and O–H groups in total. The van der Waals surface area contributed by atoms with Gasteiger partial charge in [0.25, 0.3) is 0 Å². The second-order valence-corrected chi connectivity index (χ2v) is 6.27. The Morgan fingerprint density at radius 2 is 0.895 bits per heavy atom. The molecule has 0 saturated carbocycles. The van der Waals surface area contributed by atoms with Crippen LogP contribution in [0.1, 0.15) is 103 Å². The molecule has 0 aromatic heterocycles. The van der Waals surface area contributed by atoms with Gasteiger partial charge in [-0.05, 0) is 25.7 Å². The third kappa shape index (κ3) is 11.1. The highest BCUT2D eigenvalue weighted by Gasteiger charge is 1.96. The maximum atomic E-state index is 6.05. The average molecular weight is 265 g/mol. The van der Waals surface area contributed by atoms with E-state index in [-0.39, 0.29) is 0 Å². The molecule has 1 nitrogen and oxygen atoms in total. The van der Waals surface area contributed by atoms with Gasteiger partial charge in [0, 0.05) is 5.70 Å². The van der Waals surface area contributed by atoms with Crippen molar-refractivity contribution in [1.29, 1.82) is 0 Å². The SMILES string of the molecule is NC1=CCCCCCCCCCCCCCCCC1. The van der Waals surface area contributed by atoms with Crippen LogP contribution in [0.4, 0.5) is 0 Å². The summed E-state index contributed by atoms with van der Waals surface area (Å²) >= 11 is 0. The highest BCUT2D eigenvalue weighted by atomic mass is 14.6. The monoisotopic (exact) mass is 265 g/mol. The van der Waals surface area contributed by atoms with Gasteiger partial charge in [-0.1, -0.05) is 83.1 Å². The van der Waals surface area contributed by atoms with Gasteiger partial charge in [0.1, 0.15) is 0 Å². The highest BCUT2D eigenvalue weighted by Crippen LogP contribution is 2.15. The maximum Gasteiger partial charge on any atom is 0.00399 e. The summed E-state index contributed by atoms with van der Waals surface area (Å²) in [4.78, 5) is 0. The standard InChI is InChI=1S/C18H35N/c19-18-16-14-12-10-8-6-4-2-1-3-5-7-9-11-13-15-17-18/h16H,1-15,17,19H2. The van der Waals surface area contributed by atoms with Crippen molar-refractivity contribution in [2.75, 3.05) is 0 Å². The molecule has 0 heterocycles. The molecule has 19 heavy (non-hydrogen) atoms. The predicted molar refractivity (Wildman–Crippen MR) is 86.1 cm³/mol. The lowest BCUT2D eigenvalue weighted by Gasteiger charge is -2.05. The van der Waals surface area contributed by atoms with E-state index in [1.807, 2.05) is 0 Å². The lowest BCUT2D eigenvalue weighted by Crippen LogP contribution is -1.97. The van der Waals surface area contributed by atoms with Gasteiger partial charge in [-0.3, -0.25) is 0 Å². The van der Waals surface area contributed by atoms with Crippen molar-refractivity contribution in [2.45, 2.75) is 103 Å². The van der Waals surface area contributed by atoms with E-state index in [0.717, 1.165) is 12.1 Å². The molecule has 0 atom stereocenters. The van der Waals surface area contributed by atoms with E-state index in [4.69, 9.17) is 5.73 Å². The topological polar surface area (TPSA) is 26.0 Å². The van der Waals surface area contributed by atoms with Crippen molar-refractivity contribution in [3.05, 3.63) is 11.8 Å². The zero-order chi connectivity index (χ0) is 13.6. The van der Waals surface area contributed by atoms with Crippen molar-refractivity contribution in [2.24, 2.45) is 5.73 Å². The minimum Gasteiger partial charge on any atom is -0.402 e. The lowest BCUT2D eigenvalue weighted by atomic mass is 10.0. The van der Waals surface area contributed by atoms with Crippen LogP contribution in [-0.4, -0.2) is 0 Å². The van der Waals surface area contributed by atoms with Crippen LogP contribution >= 0.6 is 0 Å². The van der Waals surface area contributed by atoms with E-state index in [0.29, 0.717) is 0 Å². The van der Waals surface area contributed by atoms with Crippen LogP contribution in [0.3, 0.4) is 0 Å². The molecule has 1 aliphatic rings. The Labute approximate surface area is 121 Å². The molecule has 0 fully saturated rings. The van der Waals surface area contributed by atoms with Crippen molar-refractivity contribution in [1.82, 2.24) is 0 Å². The van der Waals surface area contributed by atoms with Crippen molar-refractivity contribution >= 4 is 0 Å². The van der Waals surface area contributed by atoms with E-state index in [1.54, 1.807) is 0 Å². The molecule has 0 unspecified atom stereocenters. The van der Waals surface area contributed by atoms with Crippen molar-refractivity contribution in [3.8, 4) is 0 Å². The zero-order valence-corrected chi connectivity index (χ0v) is 13.0. The fourth-order valence-corrected chi connectivity index (χ4v) is 2.98. The van der Waals surface area contributed by atoms with E-state index in [2.05, 4.69) is 6.08 Å². The predicted octanol–water partition coefficient (Wildman–Crippen LogP) is 6.08. The first-order valence-electron chi connectivity index (χ1n) is 8.84. The molecule has 0 bridgehead atoms. The number of nitrogens with two attached hydrogens (primary N) is 1. The Balaban J connectivity index is 2.16. The van der Waals surface area contributed by atoms with Gasteiger partial charge < -0.3 is 5.73 Å². The van der Waals surface area contributed by atoms with Gasteiger partial charge in [-0.15, -0.1) is 0 Å². The van der Waals surface area contributed by atoms with Gasteiger partial charge in [0.15, 0.2) is 0 Å². The summed E-state index contributed by atoms with van der Waals surface area (Å²) in [6, 6.07) is 0. The molecule has 0 saturated heterocycles. The molecule has 112 valence electrons. The summed E-state index contributed by atoms with van der Waals surface area (Å²) in [6.07, 6.45) is 24.5. The van der Waals surface area contributed by atoms with Crippen LogP contribution in [0.25, 0.3) is 0 Å². The minimum absolute atomic E-state index is 1.12. The van der Waals surface area contributed by atoms with Gasteiger partial charge in [-0.25, -0.2) is 0 Å². The molecule has 0 aliphatic heterocycles. The molecule has 0 amide bonds. The second kappa shape index (κ2) is 12.6. The summed E-state index contributed by atoms with van der Waals surface area (Å²) in [7, 11) is 0. The average Bonchev–Trinajstić information content (AvgIpc) is 2.41. The third-order valence-electron chi connectivity index (χ3n) is 4.33.